The molecule has 2 aromatic rings. The van der Waals surface area contributed by atoms with Crippen LogP contribution >= 0.6 is 0 Å². The molecule has 0 saturated carbocycles. The van der Waals surface area contributed by atoms with Gasteiger partial charge in [-0.15, -0.1) is 0 Å². The first kappa shape index (κ1) is 27.0. The van der Waals surface area contributed by atoms with Gasteiger partial charge >= 0.3 is 5.97 Å². The Labute approximate surface area is 230 Å². The molecule has 39 heavy (non-hydrogen) atoms. The molecule has 1 fully saturated rings. The molecule has 1 N–H and O–H groups in total. The third-order valence-corrected chi connectivity index (χ3v) is 7.64. The van der Waals surface area contributed by atoms with Crippen molar-refractivity contribution in [1.82, 2.24) is 5.32 Å². The van der Waals surface area contributed by atoms with Crippen LogP contribution < -0.4 is 14.8 Å². The van der Waals surface area contributed by atoms with Crippen molar-refractivity contribution in [1.29, 1.82) is 0 Å². The van der Waals surface area contributed by atoms with Crippen molar-refractivity contribution < 1.29 is 28.5 Å². The Morgan fingerprint density at radius 1 is 1.10 bits per heavy atom. The van der Waals surface area contributed by atoms with Crippen molar-refractivity contribution in [2.45, 2.75) is 65.1 Å². The Morgan fingerprint density at radius 2 is 1.90 bits per heavy atom. The van der Waals surface area contributed by atoms with Crippen molar-refractivity contribution in [3.8, 4) is 11.5 Å². The Morgan fingerprint density at radius 3 is 2.62 bits per heavy atom. The Kier molecular flexibility index (Phi) is 7.80. The second kappa shape index (κ2) is 11.3. The molecule has 1 saturated heterocycles. The number of Topliss-reactive ketones (excluding diaryl/α,β-unsaturated/α-hetero) is 1. The van der Waals surface area contributed by atoms with Crippen LogP contribution in [0.4, 0.5) is 0 Å². The predicted octanol–water partition coefficient (Wildman–Crippen LogP) is 5.60. The maximum atomic E-state index is 13.6. The summed E-state index contributed by atoms with van der Waals surface area (Å²) < 4.78 is 23.2. The van der Waals surface area contributed by atoms with Crippen molar-refractivity contribution >= 4 is 11.8 Å². The number of carbonyl (C=O) groups excluding carboxylic acids is 2. The molecule has 0 spiro atoms. The van der Waals surface area contributed by atoms with Gasteiger partial charge < -0.3 is 24.3 Å². The lowest BCUT2D eigenvalue weighted by atomic mass is 9.68. The quantitative estimate of drug-likeness (QED) is 0.444. The topological polar surface area (TPSA) is 83.1 Å². The first-order chi connectivity index (χ1) is 18.8. The standard InChI is InChI=1S/C32H37NO6/c1-20-28(31(35)39-19-23-11-8-14-37-23)29(30-24(33-20)16-32(2,3)17-25(30)34)22-12-13-26(27(15-22)36-4)38-18-21-9-6-5-7-10-21/h5-7,9-10,12-13,15,23,29,33H,8,11,14,16-19H2,1-4H3/t23-,29+/m0/s1. The van der Waals surface area contributed by atoms with E-state index in [1.807, 2.05) is 55.5 Å². The molecule has 5 rings (SSSR count). The van der Waals surface area contributed by atoms with Gasteiger partial charge in [-0.3, -0.25) is 4.79 Å². The third kappa shape index (κ3) is 5.88. The second-order valence-electron chi connectivity index (χ2n) is 11.3. The van der Waals surface area contributed by atoms with Gasteiger partial charge in [0.1, 0.15) is 13.2 Å². The summed E-state index contributed by atoms with van der Waals surface area (Å²) in [5.74, 6) is 0.163. The van der Waals surface area contributed by atoms with Crippen LogP contribution in [0.25, 0.3) is 0 Å². The summed E-state index contributed by atoms with van der Waals surface area (Å²) in [6, 6.07) is 15.5. The minimum atomic E-state index is -0.570. The number of ether oxygens (including phenoxy) is 4. The van der Waals surface area contributed by atoms with E-state index in [9.17, 15) is 9.59 Å². The third-order valence-electron chi connectivity index (χ3n) is 7.64. The molecule has 3 aliphatic rings. The van der Waals surface area contributed by atoms with Gasteiger partial charge in [0.05, 0.1) is 18.8 Å². The lowest BCUT2D eigenvalue weighted by molar-refractivity contribution is -0.142. The lowest BCUT2D eigenvalue weighted by Crippen LogP contribution is -2.39. The molecule has 0 radical (unpaired) electrons. The number of carbonyl (C=O) groups is 2. The average molecular weight is 532 g/mol. The van der Waals surface area contributed by atoms with Crippen LogP contribution in [-0.4, -0.2) is 38.2 Å². The molecule has 206 valence electrons. The molecule has 7 heteroatoms. The smallest absolute Gasteiger partial charge is 0.336 e. The van der Waals surface area contributed by atoms with Crippen molar-refractivity contribution in [3.63, 3.8) is 0 Å². The van der Waals surface area contributed by atoms with E-state index in [1.54, 1.807) is 7.11 Å². The largest absolute Gasteiger partial charge is 0.493 e. The van der Waals surface area contributed by atoms with Crippen LogP contribution in [0.5, 0.6) is 11.5 Å². The van der Waals surface area contributed by atoms with Crippen LogP contribution in [0.15, 0.2) is 71.1 Å². The highest BCUT2D eigenvalue weighted by Crippen LogP contribution is 2.48. The lowest BCUT2D eigenvalue weighted by Gasteiger charge is -2.39. The summed E-state index contributed by atoms with van der Waals surface area (Å²) in [6.07, 6.45) is 2.88. The van der Waals surface area contributed by atoms with Crippen molar-refractivity contribution in [2.75, 3.05) is 20.3 Å². The molecule has 0 unspecified atom stereocenters. The van der Waals surface area contributed by atoms with E-state index in [0.29, 0.717) is 48.0 Å². The molecule has 1 aliphatic carbocycles. The van der Waals surface area contributed by atoms with Crippen LogP contribution in [0.2, 0.25) is 0 Å². The minimum absolute atomic E-state index is 0.0408. The van der Waals surface area contributed by atoms with Crippen LogP contribution in [-0.2, 0) is 25.7 Å². The van der Waals surface area contributed by atoms with E-state index in [4.69, 9.17) is 18.9 Å². The monoisotopic (exact) mass is 531 g/mol. The first-order valence-corrected chi connectivity index (χ1v) is 13.6. The highest BCUT2D eigenvalue weighted by atomic mass is 16.6. The fourth-order valence-corrected chi connectivity index (χ4v) is 5.78. The number of benzene rings is 2. The maximum absolute atomic E-state index is 13.6. The van der Waals surface area contributed by atoms with E-state index >= 15 is 0 Å². The van der Waals surface area contributed by atoms with E-state index in [1.165, 1.54) is 0 Å². The predicted molar refractivity (Wildman–Crippen MR) is 147 cm³/mol. The first-order valence-electron chi connectivity index (χ1n) is 13.6. The second-order valence-corrected chi connectivity index (χ2v) is 11.3. The number of dihydropyridines is 1. The normalized spacial score (nSPS) is 22.3. The summed E-state index contributed by atoms with van der Waals surface area (Å²) in [7, 11) is 1.59. The van der Waals surface area contributed by atoms with E-state index in [0.717, 1.165) is 36.1 Å². The number of hydrogen-bond donors (Lipinski definition) is 1. The summed E-state index contributed by atoms with van der Waals surface area (Å²) >= 11 is 0. The van der Waals surface area contributed by atoms with Gasteiger partial charge in [0.25, 0.3) is 0 Å². The Bertz CT molecular complexity index is 1300. The zero-order valence-electron chi connectivity index (χ0n) is 23.2. The Balaban J connectivity index is 1.49. The highest BCUT2D eigenvalue weighted by Gasteiger charge is 2.43. The molecule has 0 amide bonds. The maximum Gasteiger partial charge on any atom is 0.336 e. The molecule has 7 nitrogen and oxygen atoms in total. The molecular formula is C32H37NO6. The summed E-state index contributed by atoms with van der Waals surface area (Å²) in [4.78, 5) is 27.2. The number of nitrogens with one attached hydrogen (secondary N) is 1. The average Bonchev–Trinajstić information content (AvgIpc) is 3.43. The summed E-state index contributed by atoms with van der Waals surface area (Å²) in [5, 5.41) is 3.39. The Hall–Kier alpha value is -3.58. The number of ketones is 1. The van der Waals surface area contributed by atoms with Gasteiger partial charge in [0.15, 0.2) is 17.3 Å². The van der Waals surface area contributed by atoms with E-state index in [-0.39, 0.29) is 23.9 Å². The van der Waals surface area contributed by atoms with Gasteiger partial charge in [-0.05, 0) is 54.9 Å². The zero-order valence-corrected chi connectivity index (χ0v) is 23.2. The van der Waals surface area contributed by atoms with Gasteiger partial charge in [-0.1, -0.05) is 50.2 Å². The minimum Gasteiger partial charge on any atom is -0.493 e. The van der Waals surface area contributed by atoms with Crippen LogP contribution in [0.3, 0.4) is 0 Å². The number of allylic oxidation sites excluding steroid dienone is 3. The fraction of sp³-hybridized carbons (Fsp3) is 0.438. The molecule has 0 bridgehead atoms. The number of rotatable bonds is 8. The zero-order chi connectivity index (χ0) is 27.6. The molecule has 2 atom stereocenters. The van der Waals surface area contributed by atoms with Crippen molar-refractivity contribution in [3.05, 3.63) is 82.2 Å². The number of hydrogen-bond acceptors (Lipinski definition) is 7. The molecule has 2 heterocycles. The van der Waals surface area contributed by atoms with Crippen LogP contribution in [0, 0.1) is 5.41 Å². The van der Waals surface area contributed by atoms with Gasteiger partial charge in [0, 0.05) is 35.9 Å². The van der Waals surface area contributed by atoms with E-state index in [2.05, 4.69) is 19.2 Å². The van der Waals surface area contributed by atoms with Crippen molar-refractivity contribution in [2.24, 2.45) is 5.41 Å². The van der Waals surface area contributed by atoms with Gasteiger partial charge in [-0.2, -0.15) is 0 Å². The van der Waals surface area contributed by atoms with Gasteiger partial charge in [0.2, 0.25) is 0 Å². The molecule has 0 aromatic heterocycles. The highest BCUT2D eigenvalue weighted by molar-refractivity contribution is 6.04. The number of esters is 1. The fourth-order valence-electron chi connectivity index (χ4n) is 5.78. The summed E-state index contributed by atoms with van der Waals surface area (Å²) in [6.45, 7) is 7.35. The summed E-state index contributed by atoms with van der Waals surface area (Å²) in [5.41, 5.74) is 4.30. The number of methoxy groups -OCH3 is 1. The SMILES string of the molecule is COc1cc([C@@H]2C(C(=O)OC[C@@H]3CCCO3)=C(C)NC3=C2C(=O)CC(C)(C)C3)ccc1OCc1ccccc1. The molecule has 2 aliphatic heterocycles. The van der Waals surface area contributed by atoms with Gasteiger partial charge in [-0.25, -0.2) is 4.79 Å². The molecule has 2 aromatic carbocycles. The van der Waals surface area contributed by atoms with E-state index < -0.39 is 11.9 Å². The van der Waals surface area contributed by atoms with Crippen LogP contribution in [0.1, 0.15) is 63.5 Å². The molecular weight excluding hydrogens is 494 g/mol.